The summed E-state index contributed by atoms with van der Waals surface area (Å²) in [7, 11) is 1.59. The van der Waals surface area contributed by atoms with Crippen LogP contribution >= 0.6 is 12.2 Å². The van der Waals surface area contributed by atoms with E-state index in [1.165, 1.54) is 0 Å². The molecule has 0 saturated carbocycles. The maximum atomic E-state index is 5.85. The molecule has 0 atom stereocenters. The quantitative estimate of drug-likeness (QED) is 0.441. The first-order valence-electron chi connectivity index (χ1n) is 7.32. The molecule has 0 amide bonds. The number of nitrogens with one attached hydrogen (secondary N) is 1. The number of hydrazone groups is 1. The third-order valence-corrected chi connectivity index (χ3v) is 3.20. The monoisotopic (exact) mass is 339 g/mol. The van der Waals surface area contributed by atoms with Gasteiger partial charge in [0.2, 0.25) is 0 Å². The molecule has 0 aromatic heterocycles. The van der Waals surface area contributed by atoms with Crippen LogP contribution in [0.25, 0.3) is 0 Å². The van der Waals surface area contributed by atoms with Crippen molar-refractivity contribution in [2.24, 2.45) is 10.8 Å². The van der Waals surface area contributed by atoms with Crippen molar-refractivity contribution < 1.29 is 18.9 Å². The number of methoxy groups -OCH3 is 1. The van der Waals surface area contributed by atoms with E-state index in [1.54, 1.807) is 13.3 Å². The van der Waals surface area contributed by atoms with Gasteiger partial charge in [0, 0.05) is 12.0 Å². The summed E-state index contributed by atoms with van der Waals surface area (Å²) in [6.07, 6.45) is 2.93. The number of nitrogens with two attached hydrogens (primary N) is 1. The van der Waals surface area contributed by atoms with Crippen molar-refractivity contribution >= 4 is 23.5 Å². The highest BCUT2D eigenvalue weighted by Gasteiger charge is 2.15. The van der Waals surface area contributed by atoms with E-state index in [9.17, 15) is 0 Å². The Kier molecular flexibility index (Phi) is 7.05. The summed E-state index contributed by atoms with van der Waals surface area (Å²) in [5, 5.41) is 4.04. The molecule has 0 spiro atoms. The van der Waals surface area contributed by atoms with Crippen LogP contribution in [0, 0.1) is 0 Å². The van der Waals surface area contributed by atoms with Crippen molar-refractivity contribution in [3.05, 3.63) is 23.8 Å². The van der Waals surface area contributed by atoms with Crippen molar-refractivity contribution in [1.82, 2.24) is 5.43 Å². The van der Waals surface area contributed by atoms with Gasteiger partial charge in [-0.3, -0.25) is 5.43 Å². The second kappa shape index (κ2) is 9.29. The Morgan fingerprint density at radius 2 is 2.26 bits per heavy atom. The standard InChI is InChI=1S/C15H21N3O4S/c1-19-12-5-2-4-11(10-17-18-15(16)23)14(12)22-9-6-13-20-7-3-8-21-13/h2,4-5,10,13H,3,6-9H2,1H3,(H3,16,18,23). The topological polar surface area (TPSA) is 87.3 Å². The molecule has 8 heteroatoms. The average Bonchev–Trinajstić information content (AvgIpc) is 2.56. The lowest BCUT2D eigenvalue weighted by molar-refractivity contribution is -0.183. The second-order valence-electron chi connectivity index (χ2n) is 4.77. The van der Waals surface area contributed by atoms with Crippen LogP contribution in [-0.4, -0.2) is 44.5 Å². The Labute approximate surface area is 140 Å². The Morgan fingerprint density at radius 3 is 2.96 bits per heavy atom. The molecule has 1 saturated heterocycles. The summed E-state index contributed by atoms with van der Waals surface area (Å²) >= 11 is 4.70. The molecule has 2 rings (SSSR count). The van der Waals surface area contributed by atoms with Gasteiger partial charge in [-0.05, 0) is 30.8 Å². The molecular formula is C15H21N3O4S. The molecule has 126 valence electrons. The molecule has 0 bridgehead atoms. The van der Waals surface area contributed by atoms with Crippen molar-refractivity contribution in [2.75, 3.05) is 26.9 Å². The van der Waals surface area contributed by atoms with Crippen LogP contribution in [0.3, 0.4) is 0 Å². The number of nitrogens with zero attached hydrogens (tertiary/aromatic N) is 1. The Balaban J connectivity index is 1.99. The van der Waals surface area contributed by atoms with Crippen LogP contribution in [0.5, 0.6) is 11.5 Å². The van der Waals surface area contributed by atoms with Gasteiger partial charge in [0.25, 0.3) is 0 Å². The van der Waals surface area contributed by atoms with Gasteiger partial charge in [-0.15, -0.1) is 0 Å². The molecule has 0 aliphatic carbocycles. The molecule has 1 aliphatic heterocycles. The highest BCUT2D eigenvalue weighted by atomic mass is 32.1. The minimum atomic E-state index is -0.216. The zero-order chi connectivity index (χ0) is 16.5. The van der Waals surface area contributed by atoms with Crippen LogP contribution in [0.2, 0.25) is 0 Å². The van der Waals surface area contributed by atoms with E-state index in [4.69, 9.17) is 36.9 Å². The predicted molar refractivity (Wildman–Crippen MR) is 90.9 cm³/mol. The highest BCUT2D eigenvalue weighted by molar-refractivity contribution is 7.80. The number of hydrogen-bond donors (Lipinski definition) is 2. The molecule has 1 aliphatic rings. The molecule has 1 heterocycles. The van der Waals surface area contributed by atoms with Crippen molar-refractivity contribution in [3.8, 4) is 11.5 Å². The van der Waals surface area contributed by atoms with Gasteiger partial charge >= 0.3 is 0 Å². The van der Waals surface area contributed by atoms with E-state index in [2.05, 4.69) is 10.5 Å². The normalized spacial score (nSPS) is 15.5. The first-order valence-corrected chi connectivity index (χ1v) is 7.73. The molecular weight excluding hydrogens is 318 g/mol. The summed E-state index contributed by atoms with van der Waals surface area (Å²) in [5.41, 5.74) is 8.59. The molecule has 23 heavy (non-hydrogen) atoms. The van der Waals surface area contributed by atoms with Crippen molar-refractivity contribution in [2.45, 2.75) is 19.1 Å². The summed E-state index contributed by atoms with van der Waals surface area (Å²) in [6.45, 7) is 1.89. The van der Waals surface area contributed by atoms with Gasteiger partial charge in [0.1, 0.15) is 0 Å². The molecule has 3 N–H and O–H groups in total. The van der Waals surface area contributed by atoms with Crippen molar-refractivity contribution in [3.63, 3.8) is 0 Å². The maximum Gasteiger partial charge on any atom is 0.184 e. The first-order chi connectivity index (χ1) is 11.2. The lowest BCUT2D eigenvalue weighted by Gasteiger charge is -2.23. The average molecular weight is 339 g/mol. The van der Waals surface area contributed by atoms with Crippen molar-refractivity contribution in [1.29, 1.82) is 0 Å². The number of benzene rings is 1. The SMILES string of the molecule is COc1cccc(C=NNC(N)=S)c1OCCC1OCCCO1. The van der Waals surface area contributed by atoms with Crippen LogP contribution < -0.4 is 20.6 Å². The Bertz CT molecular complexity index is 548. The van der Waals surface area contributed by atoms with E-state index in [-0.39, 0.29) is 11.4 Å². The fraction of sp³-hybridized carbons (Fsp3) is 0.467. The van der Waals surface area contributed by atoms with E-state index in [0.717, 1.165) is 25.2 Å². The number of ether oxygens (including phenoxy) is 4. The van der Waals surface area contributed by atoms with Gasteiger partial charge in [0.05, 0.1) is 33.1 Å². The third kappa shape index (κ3) is 5.66. The molecule has 0 unspecified atom stereocenters. The minimum absolute atomic E-state index is 0.0956. The summed E-state index contributed by atoms with van der Waals surface area (Å²) in [4.78, 5) is 0. The van der Waals surface area contributed by atoms with Crippen LogP contribution in [0.1, 0.15) is 18.4 Å². The predicted octanol–water partition coefficient (Wildman–Crippen LogP) is 1.39. The highest BCUT2D eigenvalue weighted by Crippen LogP contribution is 2.30. The lowest BCUT2D eigenvalue weighted by atomic mass is 10.2. The molecule has 1 fully saturated rings. The molecule has 1 aromatic carbocycles. The van der Waals surface area contributed by atoms with Gasteiger partial charge in [-0.25, -0.2) is 0 Å². The van der Waals surface area contributed by atoms with Gasteiger partial charge in [-0.2, -0.15) is 5.10 Å². The smallest absolute Gasteiger partial charge is 0.184 e. The minimum Gasteiger partial charge on any atom is -0.493 e. The lowest BCUT2D eigenvalue weighted by Crippen LogP contribution is -2.26. The molecule has 1 aromatic rings. The fourth-order valence-corrected chi connectivity index (χ4v) is 2.13. The number of hydrogen-bond acceptors (Lipinski definition) is 6. The van der Waals surface area contributed by atoms with E-state index in [1.807, 2.05) is 18.2 Å². The van der Waals surface area contributed by atoms with E-state index >= 15 is 0 Å². The van der Waals surface area contributed by atoms with Gasteiger partial charge < -0.3 is 24.7 Å². The number of rotatable bonds is 7. The van der Waals surface area contributed by atoms with Gasteiger partial charge in [-0.1, -0.05) is 6.07 Å². The van der Waals surface area contributed by atoms with Crippen LogP contribution in [0.4, 0.5) is 0 Å². The molecule has 0 radical (unpaired) electrons. The van der Waals surface area contributed by atoms with Gasteiger partial charge in [0.15, 0.2) is 22.9 Å². The van der Waals surface area contributed by atoms with E-state index < -0.39 is 0 Å². The summed E-state index contributed by atoms with van der Waals surface area (Å²) in [5.74, 6) is 1.22. The van der Waals surface area contributed by atoms with Crippen LogP contribution in [0.15, 0.2) is 23.3 Å². The zero-order valence-corrected chi connectivity index (χ0v) is 13.8. The number of para-hydroxylation sites is 1. The summed E-state index contributed by atoms with van der Waals surface area (Å²) < 4.78 is 22.2. The second-order valence-corrected chi connectivity index (χ2v) is 5.21. The maximum absolute atomic E-state index is 5.85. The van der Waals surface area contributed by atoms with Crippen LogP contribution in [-0.2, 0) is 9.47 Å². The van der Waals surface area contributed by atoms with E-state index in [0.29, 0.717) is 24.5 Å². The largest absolute Gasteiger partial charge is 0.493 e. The third-order valence-electron chi connectivity index (χ3n) is 3.10. The number of thiocarbonyl (C=S) groups is 1. The zero-order valence-electron chi connectivity index (χ0n) is 13.0. The Hall–Kier alpha value is -1.90. The Morgan fingerprint density at radius 1 is 1.48 bits per heavy atom. The molecule has 7 nitrogen and oxygen atoms in total. The fourth-order valence-electron chi connectivity index (χ4n) is 2.08. The first kappa shape index (κ1) is 17.5. The summed E-state index contributed by atoms with van der Waals surface area (Å²) in [6, 6.07) is 5.53.